The second kappa shape index (κ2) is 11.5. The molecule has 3 N–H and O–H groups in total. The maximum Gasteiger partial charge on any atom is 0.490 e. The van der Waals surface area contributed by atoms with E-state index in [9.17, 15) is 22.4 Å². The van der Waals surface area contributed by atoms with E-state index in [2.05, 4.69) is 15.3 Å². The second-order valence-electron chi connectivity index (χ2n) is 8.46. The summed E-state index contributed by atoms with van der Waals surface area (Å²) in [6, 6.07) is 10.9. The molecule has 0 bridgehead atoms. The molecule has 5 rings (SSSR count). The van der Waals surface area contributed by atoms with Crippen LogP contribution in [0.5, 0.6) is 0 Å². The first kappa shape index (κ1) is 26.9. The number of amides is 1. The van der Waals surface area contributed by atoms with Gasteiger partial charge in [-0.3, -0.25) is 9.78 Å². The lowest BCUT2D eigenvalue weighted by atomic mass is 10.1. The van der Waals surface area contributed by atoms with E-state index in [1.807, 2.05) is 41.3 Å². The number of nitrogens with one attached hydrogen (secondary N) is 2. The molecule has 2 aliphatic heterocycles. The highest BCUT2D eigenvalue weighted by Gasteiger charge is 2.38. The van der Waals surface area contributed by atoms with Crippen LogP contribution in [0.3, 0.4) is 0 Å². The van der Waals surface area contributed by atoms with E-state index in [1.165, 1.54) is 6.07 Å². The van der Waals surface area contributed by atoms with Crippen LogP contribution in [0.2, 0.25) is 0 Å². The number of hydrogen-bond acceptors (Lipinski definition) is 5. The smallest absolute Gasteiger partial charge is 0.475 e. The van der Waals surface area contributed by atoms with Crippen molar-refractivity contribution in [2.45, 2.75) is 12.6 Å². The molecule has 4 heterocycles. The number of carboxylic acids is 1. The number of rotatable bonds is 4. The van der Waals surface area contributed by atoms with Crippen LogP contribution in [-0.4, -0.2) is 66.0 Å². The van der Waals surface area contributed by atoms with Gasteiger partial charge in [0, 0.05) is 54.8 Å². The van der Waals surface area contributed by atoms with Gasteiger partial charge >= 0.3 is 12.1 Å². The number of aromatic amines is 1. The molecule has 0 saturated carbocycles. The molecule has 0 radical (unpaired) electrons. The summed E-state index contributed by atoms with van der Waals surface area (Å²) >= 11 is 0. The van der Waals surface area contributed by atoms with Gasteiger partial charge in [0.25, 0.3) is 5.91 Å². The zero-order valence-corrected chi connectivity index (χ0v) is 20.0. The van der Waals surface area contributed by atoms with Crippen LogP contribution in [0.15, 0.2) is 42.6 Å². The van der Waals surface area contributed by atoms with Gasteiger partial charge in [-0.2, -0.15) is 13.2 Å². The standard InChI is InChI=1S/C24H23FN4O2.C2HF3O2/c25-20-3-1-2-16(23(20)29-10-12-31-13-11-29)4-5-18-14-17(6-8-26-18)22-15-19-21(28-22)7-9-27-24(19)30;3-2(4,5)1(6)7/h1-6,8,14-15,28H,7,9-13H2,(H,27,30);(H,6,7). The number of pyridine rings is 1. The number of nitrogens with zero attached hydrogens (tertiary/aromatic N) is 2. The molecule has 2 aliphatic rings. The molecule has 0 atom stereocenters. The first-order valence-corrected chi connectivity index (χ1v) is 11.7. The maximum absolute atomic E-state index is 14.6. The topological polar surface area (TPSA) is 108 Å². The average Bonchev–Trinajstić information content (AvgIpc) is 3.34. The van der Waals surface area contributed by atoms with Crippen molar-refractivity contribution in [3.8, 4) is 11.3 Å². The largest absolute Gasteiger partial charge is 0.490 e. The van der Waals surface area contributed by atoms with E-state index in [1.54, 1.807) is 12.3 Å². The van der Waals surface area contributed by atoms with Crippen LogP contribution < -0.4 is 10.2 Å². The molecule has 0 unspecified atom stereocenters. The van der Waals surface area contributed by atoms with Crippen molar-refractivity contribution in [3.63, 3.8) is 0 Å². The van der Waals surface area contributed by atoms with Crippen LogP contribution >= 0.6 is 0 Å². The zero-order chi connectivity index (χ0) is 27.3. The molecule has 3 aromatic rings. The third-order valence-corrected chi connectivity index (χ3v) is 5.92. The summed E-state index contributed by atoms with van der Waals surface area (Å²) in [5, 5.41) is 9.99. The Morgan fingerprint density at radius 2 is 1.87 bits per heavy atom. The van der Waals surface area contributed by atoms with Gasteiger partial charge in [-0.1, -0.05) is 18.2 Å². The predicted octanol–water partition coefficient (Wildman–Crippen LogP) is 4.14. The summed E-state index contributed by atoms with van der Waals surface area (Å²) in [7, 11) is 0. The van der Waals surface area contributed by atoms with E-state index < -0.39 is 12.1 Å². The minimum Gasteiger partial charge on any atom is -0.475 e. The van der Waals surface area contributed by atoms with E-state index in [-0.39, 0.29) is 11.7 Å². The number of carboxylic acid groups (broad SMARTS) is 1. The Morgan fingerprint density at radius 3 is 2.55 bits per heavy atom. The fourth-order valence-corrected chi connectivity index (χ4v) is 4.12. The lowest BCUT2D eigenvalue weighted by Gasteiger charge is -2.30. The van der Waals surface area contributed by atoms with Gasteiger partial charge in [-0.25, -0.2) is 9.18 Å². The summed E-state index contributed by atoms with van der Waals surface area (Å²) < 4.78 is 51.8. The SMILES string of the molecule is O=C(O)C(F)(F)F.O=C1NCCc2[nH]c(-c3ccnc(C=Cc4cccc(F)c4N4CCOCC4)c3)cc21. The fraction of sp³-hybridized carbons (Fsp3) is 0.269. The third-order valence-electron chi connectivity index (χ3n) is 5.92. The van der Waals surface area contributed by atoms with Crippen molar-refractivity contribution in [3.05, 3.63) is 70.9 Å². The molecule has 1 aromatic carbocycles. The molecule has 0 spiro atoms. The highest BCUT2D eigenvalue weighted by molar-refractivity contribution is 5.97. The summed E-state index contributed by atoms with van der Waals surface area (Å²) in [6.07, 6.45) is 1.23. The van der Waals surface area contributed by atoms with Gasteiger partial charge in [0.15, 0.2) is 0 Å². The van der Waals surface area contributed by atoms with E-state index in [0.29, 0.717) is 44.1 Å². The number of morpholine rings is 1. The number of benzene rings is 1. The van der Waals surface area contributed by atoms with Gasteiger partial charge in [-0.05, 0) is 30.3 Å². The fourth-order valence-electron chi connectivity index (χ4n) is 4.12. The summed E-state index contributed by atoms with van der Waals surface area (Å²) in [5.41, 5.74) is 5.66. The van der Waals surface area contributed by atoms with Crippen molar-refractivity contribution in [1.29, 1.82) is 0 Å². The minimum absolute atomic E-state index is 0.0420. The molecular weight excluding hydrogens is 508 g/mol. The summed E-state index contributed by atoms with van der Waals surface area (Å²) in [5.74, 6) is -3.03. The number of alkyl halides is 3. The number of hydrogen-bond donors (Lipinski definition) is 3. The molecule has 2 aromatic heterocycles. The lowest BCUT2D eigenvalue weighted by molar-refractivity contribution is -0.192. The third kappa shape index (κ3) is 6.38. The van der Waals surface area contributed by atoms with Crippen molar-refractivity contribution < 1.29 is 37.0 Å². The van der Waals surface area contributed by atoms with Gasteiger partial charge in [0.05, 0.1) is 30.2 Å². The van der Waals surface area contributed by atoms with Crippen LogP contribution in [0.4, 0.5) is 23.2 Å². The normalized spacial score (nSPS) is 15.5. The van der Waals surface area contributed by atoms with Gasteiger partial charge in [-0.15, -0.1) is 0 Å². The number of anilines is 1. The monoisotopic (exact) mass is 532 g/mol. The van der Waals surface area contributed by atoms with Crippen molar-refractivity contribution >= 4 is 29.7 Å². The molecule has 1 amide bonds. The predicted molar refractivity (Wildman–Crippen MR) is 132 cm³/mol. The minimum atomic E-state index is -5.08. The number of ether oxygens (including phenoxy) is 1. The molecule has 38 heavy (non-hydrogen) atoms. The Kier molecular flexibility index (Phi) is 8.10. The number of halogens is 4. The highest BCUT2D eigenvalue weighted by atomic mass is 19.4. The van der Waals surface area contributed by atoms with Crippen LogP contribution in [-0.2, 0) is 16.0 Å². The first-order valence-electron chi connectivity index (χ1n) is 11.7. The van der Waals surface area contributed by atoms with Crippen LogP contribution in [0.1, 0.15) is 27.3 Å². The van der Waals surface area contributed by atoms with Crippen molar-refractivity contribution in [2.75, 3.05) is 37.7 Å². The Hall–Kier alpha value is -4.19. The molecule has 12 heteroatoms. The van der Waals surface area contributed by atoms with E-state index in [0.717, 1.165) is 34.6 Å². The summed E-state index contributed by atoms with van der Waals surface area (Å²) in [4.78, 5) is 30.8. The number of aliphatic carboxylic acids is 1. The zero-order valence-electron chi connectivity index (χ0n) is 20.0. The Balaban J connectivity index is 0.000000426. The van der Waals surface area contributed by atoms with Crippen molar-refractivity contribution in [2.24, 2.45) is 0 Å². The molecule has 1 fully saturated rings. The quantitative estimate of drug-likeness (QED) is 0.436. The number of H-pyrrole nitrogens is 1. The van der Waals surface area contributed by atoms with Gasteiger partial charge < -0.3 is 25.0 Å². The number of para-hydroxylation sites is 1. The van der Waals surface area contributed by atoms with Gasteiger partial charge in [0.1, 0.15) is 5.82 Å². The first-order chi connectivity index (χ1) is 18.1. The number of carbonyl (C=O) groups is 2. The van der Waals surface area contributed by atoms with Crippen LogP contribution in [0.25, 0.3) is 23.4 Å². The number of carbonyl (C=O) groups excluding carboxylic acids is 1. The maximum atomic E-state index is 14.6. The molecular formula is C26H24F4N4O4. The number of fused-ring (bicyclic) bond motifs is 1. The Labute approximate surface area is 214 Å². The highest BCUT2D eigenvalue weighted by Crippen LogP contribution is 2.28. The second-order valence-corrected chi connectivity index (χ2v) is 8.46. The molecule has 1 saturated heterocycles. The van der Waals surface area contributed by atoms with Crippen LogP contribution in [0, 0.1) is 5.82 Å². The Bertz CT molecular complexity index is 1350. The molecule has 200 valence electrons. The lowest BCUT2D eigenvalue weighted by Crippen LogP contribution is -2.37. The van der Waals surface area contributed by atoms with E-state index in [4.69, 9.17) is 14.6 Å². The molecule has 8 nitrogen and oxygen atoms in total. The van der Waals surface area contributed by atoms with Gasteiger partial charge in [0.2, 0.25) is 0 Å². The number of aromatic nitrogens is 2. The average molecular weight is 532 g/mol. The summed E-state index contributed by atoms with van der Waals surface area (Å²) in [6.45, 7) is 3.18. The Morgan fingerprint density at radius 1 is 1.13 bits per heavy atom. The van der Waals surface area contributed by atoms with E-state index >= 15 is 0 Å². The molecule has 0 aliphatic carbocycles. The van der Waals surface area contributed by atoms with Crippen molar-refractivity contribution in [1.82, 2.24) is 15.3 Å².